The second kappa shape index (κ2) is 5.24. The monoisotopic (exact) mass is 205 g/mol. The molecule has 1 atom stereocenters. The highest BCUT2D eigenvalue weighted by molar-refractivity contribution is 5.14. The standard InChI is InChI=1S/C12H19N3/c1-13-12(10-15-7-2-3-8-15)11-5-4-6-14-9-11/h4-6,9,12-13H,2-3,7-8,10H2,1H3. The number of nitrogens with one attached hydrogen (secondary N) is 1. The van der Waals surface area contributed by atoms with Crippen LogP contribution in [0.3, 0.4) is 0 Å². The minimum Gasteiger partial charge on any atom is -0.312 e. The number of rotatable bonds is 4. The van der Waals surface area contributed by atoms with E-state index in [-0.39, 0.29) is 0 Å². The molecule has 1 aromatic rings. The van der Waals surface area contributed by atoms with Gasteiger partial charge >= 0.3 is 0 Å². The second-order valence-corrected chi connectivity index (χ2v) is 4.14. The van der Waals surface area contributed by atoms with E-state index in [1.165, 1.54) is 31.5 Å². The van der Waals surface area contributed by atoms with Gasteiger partial charge in [-0.3, -0.25) is 4.98 Å². The van der Waals surface area contributed by atoms with E-state index in [2.05, 4.69) is 21.3 Å². The van der Waals surface area contributed by atoms with Crippen molar-refractivity contribution in [2.45, 2.75) is 18.9 Å². The minimum absolute atomic E-state index is 0.414. The van der Waals surface area contributed by atoms with Crippen molar-refractivity contribution >= 4 is 0 Å². The third-order valence-electron chi connectivity index (χ3n) is 3.07. The first-order valence-corrected chi connectivity index (χ1v) is 5.69. The summed E-state index contributed by atoms with van der Waals surface area (Å²) in [6.45, 7) is 3.60. The molecule has 3 nitrogen and oxygen atoms in total. The van der Waals surface area contributed by atoms with Crippen molar-refractivity contribution in [1.82, 2.24) is 15.2 Å². The van der Waals surface area contributed by atoms with Gasteiger partial charge in [-0.15, -0.1) is 0 Å². The molecule has 1 aromatic heterocycles. The Kier molecular flexibility index (Phi) is 3.69. The summed E-state index contributed by atoms with van der Waals surface area (Å²) in [5.74, 6) is 0. The van der Waals surface area contributed by atoms with Gasteiger partial charge in [-0.05, 0) is 44.6 Å². The molecular formula is C12H19N3. The zero-order chi connectivity index (χ0) is 10.5. The summed E-state index contributed by atoms with van der Waals surface area (Å²) in [5, 5.41) is 3.36. The van der Waals surface area contributed by atoms with Crippen LogP contribution < -0.4 is 5.32 Å². The maximum absolute atomic E-state index is 4.17. The summed E-state index contributed by atoms with van der Waals surface area (Å²) in [7, 11) is 2.02. The number of hydrogen-bond donors (Lipinski definition) is 1. The number of likely N-dealkylation sites (tertiary alicyclic amines) is 1. The van der Waals surface area contributed by atoms with E-state index in [0.717, 1.165) is 6.54 Å². The first-order valence-electron chi connectivity index (χ1n) is 5.69. The van der Waals surface area contributed by atoms with Crippen molar-refractivity contribution in [3.63, 3.8) is 0 Å². The Morgan fingerprint density at radius 2 is 2.27 bits per heavy atom. The molecule has 0 aliphatic carbocycles. The molecule has 2 heterocycles. The predicted octanol–water partition coefficient (Wildman–Crippen LogP) is 1.44. The summed E-state index contributed by atoms with van der Waals surface area (Å²) < 4.78 is 0. The molecule has 0 aromatic carbocycles. The van der Waals surface area contributed by atoms with Crippen molar-refractivity contribution in [3.05, 3.63) is 30.1 Å². The van der Waals surface area contributed by atoms with E-state index in [4.69, 9.17) is 0 Å². The van der Waals surface area contributed by atoms with E-state index >= 15 is 0 Å². The summed E-state index contributed by atoms with van der Waals surface area (Å²) in [4.78, 5) is 6.69. The van der Waals surface area contributed by atoms with E-state index in [1.54, 1.807) is 0 Å². The summed E-state index contributed by atoms with van der Waals surface area (Å²) in [6.07, 6.45) is 6.48. The zero-order valence-corrected chi connectivity index (χ0v) is 9.32. The number of likely N-dealkylation sites (N-methyl/N-ethyl adjacent to an activating group) is 1. The van der Waals surface area contributed by atoms with Crippen LogP contribution in [0, 0.1) is 0 Å². The van der Waals surface area contributed by atoms with E-state index in [9.17, 15) is 0 Å². The molecule has 0 spiro atoms. The quantitative estimate of drug-likeness (QED) is 0.806. The fourth-order valence-corrected chi connectivity index (χ4v) is 2.17. The highest BCUT2D eigenvalue weighted by Crippen LogP contribution is 2.16. The van der Waals surface area contributed by atoms with Crippen molar-refractivity contribution in [2.75, 3.05) is 26.7 Å². The van der Waals surface area contributed by atoms with Gasteiger partial charge in [-0.25, -0.2) is 0 Å². The average Bonchev–Trinajstić information content (AvgIpc) is 2.80. The van der Waals surface area contributed by atoms with Gasteiger partial charge in [0.25, 0.3) is 0 Å². The van der Waals surface area contributed by atoms with Crippen LogP contribution in [0.1, 0.15) is 24.4 Å². The number of aromatic nitrogens is 1. The lowest BCUT2D eigenvalue weighted by atomic mass is 10.1. The lowest BCUT2D eigenvalue weighted by Crippen LogP contribution is -2.31. The maximum Gasteiger partial charge on any atom is 0.0462 e. The van der Waals surface area contributed by atoms with Gasteiger partial charge in [-0.1, -0.05) is 6.07 Å². The molecule has 15 heavy (non-hydrogen) atoms. The van der Waals surface area contributed by atoms with Crippen LogP contribution in [0.4, 0.5) is 0 Å². The maximum atomic E-state index is 4.17. The van der Waals surface area contributed by atoms with Crippen LogP contribution in [-0.2, 0) is 0 Å². The molecule has 0 saturated carbocycles. The Labute approximate surface area is 91.5 Å². The Balaban J connectivity index is 1.97. The zero-order valence-electron chi connectivity index (χ0n) is 9.32. The molecule has 1 unspecified atom stereocenters. The summed E-state index contributed by atoms with van der Waals surface area (Å²) >= 11 is 0. The van der Waals surface area contributed by atoms with Gasteiger partial charge in [0.15, 0.2) is 0 Å². The molecule has 0 amide bonds. The average molecular weight is 205 g/mol. The van der Waals surface area contributed by atoms with Crippen LogP contribution >= 0.6 is 0 Å². The van der Waals surface area contributed by atoms with Crippen molar-refractivity contribution in [2.24, 2.45) is 0 Å². The first kappa shape index (κ1) is 10.6. The summed E-state index contributed by atoms with van der Waals surface area (Å²) in [6, 6.07) is 4.56. The molecule has 0 radical (unpaired) electrons. The molecule has 1 N–H and O–H groups in total. The Hall–Kier alpha value is -0.930. The Bertz CT molecular complexity index is 280. The molecular weight excluding hydrogens is 186 g/mol. The van der Waals surface area contributed by atoms with Crippen LogP contribution in [0.15, 0.2) is 24.5 Å². The molecule has 3 heteroatoms. The summed E-state index contributed by atoms with van der Waals surface area (Å²) in [5.41, 5.74) is 1.28. The fourth-order valence-electron chi connectivity index (χ4n) is 2.17. The topological polar surface area (TPSA) is 28.2 Å². The van der Waals surface area contributed by atoms with Crippen molar-refractivity contribution < 1.29 is 0 Å². The van der Waals surface area contributed by atoms with Crippen molar-refractivity contribution in [3.8, 4) is 0 Å². The Morgan fingerprint density at radius 3 is 2.87 bits per heavy atom. The number of nitrogens with zero attached hydrogens (tertiary/aromatic N) is 2. The minimum atomic E-state index is 0.414. The van der Waals surface area contributed by atoms with Crippen LogP contribution in [0.2, 0.25) is 0 Å². The van der Waals surface area contributed by atoms with Gasteiger partial charge in [0, 0.05) is 25.0 Å². The fraction of sp³-hybridized carbons (Fsp3) is 0.583. The third kappa shape index (κ3) is 2.76. The lowest BCUT2D eigenvalue weighted by molar-refractivity contribution is 0.299. The third-order valence-corrected chi connectivity index (χ3v) is 3.07. The predicted molar refractivity (Wildman–Crippen MR) is 61.7 cm³/mol. The second-order valence-electron chi connectivity index (χ2n) is 4.14. The lowest BCUT2D eigenvalue weighted by Gasteiger charge is -2.23. The highest BCUT2D eigenvalue weighted by Gasteiger charge is 2.17. The van der Waals surface area contributed by atoms with Crippen LogP contribution in [0.5, 0.6) is 0 Å². The SMILES string of the molecule is CNC(CN1CCCC1)c1cccnc1. The molecule has 1 aliphatic heterocycles. The molecule has 0 bridgehead atoms. The molecule has 1 aliphatic rings. The largest absolute Gasteiger partial charge is 0.312 e. The molecule has 1 saturated heterocycles. The van der Waals surface area contributed by atoms with E-state index in [0.29, 0.717) is 6.04 Å². The number of hydrogen-bond acceptors (Lipinski definition) is 3. The van der Waals surface area contributed by atoms with Crippen molar-refractivity contribution in [1.29, 1.82) is 0 Å². The number of pyridine rings is 1. The van der Waals surface area contributed by atoms with Gasteiger partial charge in [-0.2, -0.15) is 0 Å². The van der Waals surface area contributed by atoms with E-state index < -0.39 is 0 Å². The molecule has 2 rings (SSSR count). The normalized spacial score (nSPS) is 19.3. The van der Waals surface area contributed by atoms with Gasteiger partial charge < -0.3 is 10.2 Å². The Morgan fingerprint density at radius 1 is 1.47 bits per heavy atom. The smallest absolute Gasteiger partial charge is 0.0462 e. The van der Waals surface area contributed by atoms with Gasteiger partial charge in [0.1, 0.15) is 0 Å². The van der Waals surface area contributed by atoms with Gasteiger partial charge in [0.05, 0.1) is 0 Å². The molecule has 1 fully saturated rings. The van der Waals surface area contributed by atoms with Crippen LogP contribution in [0.25, 0.3) is 0 Å². The molecule has 82 valence electrons. The highest BCUT2D eigenvalue weighted by atomic mass is 15.2. The van der Waals surface area contributed by atoms with Gasteiger partial charge in [0.2, 0.25) is 0 Å². The van der Waals surface area contributed by atoms with Crippen LogP contribution in [-0.4, -0.2) is 36.6 Å². The van der Waals surface area contributed by atoms with E-state index in [1.807, 2.05) is 25.5 Å². The first-order chi connectivity index (χ1) is 7.40.